The van der Waals surface area contributed by atoms with Crippen LogP contribution in [0.25, 0.3) is 0 Å². The second-order valence-electron chi connectivity index (χ2n) is 6.84. The smallest absolute Gasteiger partial charge is 0.0369 e. The first-order valence-corrected chi connectivity index (χ1v) is 8.22. The van der Waals surface area contributed by atoms with Gasteiger partial charge in [-0.2, -0.15) is 0 Å². The van der Waals surface area contributed by atoms with E-state index in [-0.39, 0.29) is 0 Å². The maximum atomic E-state index is 3.24. The third kappa shape index (κ3) is 2.71. The molecule has 0 radical (unpaired) electrons. The van der Waals surface area contributed by atoms with Crippen LogP contribution >= 0.6 is 0 Å². The fourth-order valence-corrected chi connectivity index (χ4v) is 4.13. The molecule has 0 bridgehead atoms. The molecular formula is C18H28N2. The molecule has 20 heavy (non-hydrogen) atoms. The van der Waals surface area contributed by atoms with Crippen molar-refractivity contribution in [3.8, 4) is 0 Å². The third-order valence-electron chi connectivity index (χ3n) is 5.55. The van der Waals surface area contributed by atoms with Gasteiger partial charge in [0.15, 0.2) is 0 Å². The Labute approximate surface area is 123 Å². The molecule has 110 valence electrons. The minimum Gasteiger partial charge on any atom is -0.371 e. The van der Waals surface area contributed by atoms with E-state index in [0.29, 0.717) is 0 Å². The van der Waals surface area contributed by atoms with Crippen molar-refractivity contribution in [1.29, 1.82) is 0 Å². The van der Waals surface area contributed by atoms with Gasteiger partial charge in [0.25, 0.3) is 0 Å². The van der Waals surface area contributed by atoms with Crippen LogP contribution in [0.1, 0.15) is 49.7 Å². The van der Waals surface area contributed by atoms with E-state index in [1.54, 1.807) is 0 Å². The molecule has 0 aromatic heterocycles. The van der Waals surface area contributed by atoms with E-state index in [0.717, 1.165) is 12.0 Å². The summed E-state index contributed by atoms with van der Waals surface area (Å²) in [5, 5.41) is 3.24. The lowest BCUT2D eigenvalue weighted by atomic mass is 9.77. The number of aryl methyl sites for hydroxylation is 1. The predicted octanol–water partition coefficient (Wildman–Crippen LogP) is 3.88. The molecule has 2 aliphatic rings. The Morgan fingerprint density at radius 3 is 2.40 bits per heavy atom. The molecule has 0 amide bonds. The standard InChI is InChI=1S/C18H28N2/c1-15-13-17(6-5-16(15)14-19-2)20-11-9-18(10-12-20)7-3-4-8-18/h5-6,13,19H,3-4,7-12,14H2,1-2H3. The van der Waals surface area contributed by atoms with Gasteiger partial charge >= 0.3 is 0 Å². The molecule has 1 heterocycles. The Kier molecular flexibility index (Phi) is 4.02. The molecule has 2 fully saturated rings. The van der Waals surface area contributed by atoms with Crippen LogP contribution in [0, 0.1) is 12.3 Å². The van der Waals surface area contributed by atoms with Crippen molar-refractivity contribution < 1.29 is 0 Å². The molecule has 3 rings (SSSR count). The lowest BCUT2D eigenvalue weighted by Crippen LogP contribution is -2.38. The Hall–Kier alpha value is -1.02. The number of benzene rings is 1. The molecule has 1 N–H and O–H groups in total. The summed E-state index contributed by atoms with van der Waals surface area (Å²) < 4.78 is 0. The Morgan fingerprint density at radius 2 is 1.80 bits per heavy atom. The van der Waals surface area contributed by atoms with E-state index in [9.17, 15) is 0 Å². The summed E-state index contributed by atoms with van der Waals surface area (Å²) in [5.41, 5.74) is 4.98. The third-order valence-corrected chi connectivity index (χ3v) is 5.55. The number of nitrogens with one attached hydrogen (secondary N) is 1. The van der Waals surface area contributed by atoms with Crippen molar-refractivity contribution in [2.24, 2.45) is 5.41 Å². The Balaban J connectivity index is 1.67. The maximum absolute atomic E-state index is 3.24. The topological polar surface area (TPSA) is 15.3 Å². The van der Waals surface area contributed by atoms with Gasteiger partial charge in [0.1, 0.15) is 0 Å². The van der Waals surface area contributed by atoms with Crippen molar-refractivity contribution in [3.05, 3.63) is 29.3 Å². The number of rotatable bonds is 3. The normalized spacial score (nSPS) is 21.6. The summed E-state index contributed by atoms with van der Waals surface area (Å²) >= 11 is 0. The van der Waals surface area contributed by atoms with Gasteiger partial charge in [-0.05, 0) is 68.3 Å². The van der Waals surface area contributed by atoms with Gasteiger partial charge in [-0.15, -0.1) is 0 Å². The molecule has 1 aromatic rings. The number of nitrogens with zero attached hydrogens (tertiary/aromatic N) is 1. The van der Waals surface area contributed by atoms with Crippen molar-refractivity contribution in [1.82, 2.24) is 5.32 Å². The summed E-state index contributed by atoms with van der Waals surface area (Å²) in [5.74, 6) is 0. The molecule has 0 atom stereocenters. The van der Waals surface area contributed by atoms with Crippen molar-refractivity contribution in [3.63, 3.8) is 0 Å². The van der Waals surface area contributed by atoms with E-state index in [1.807, 2.05) is 7.05 Å². The Bertz CT molecular complexity index is 450. The van der Waals surface area contributed by atoms with Crippen LogP contribution < -0.4 is 10.2 Å². The van der Waals surface area contributed by atoms with Crippen LogP contribution in [0.3, 0.4) is 0 Å². The largest absolute Gasteiger partial charge is 0.371 e. The second kappa shape index (κ2) is 5.77. The van der Waals surface area contributed by atoms with E-state index < -0.39 is 0 Å². The van der Waals surface area contributed by atoms with Gasteiger partial charge in [-0.3, -0.25) is 0 Å². The zero-order chi connectivity index (χ0) is 14.0. The Morgan fingerprint density at radius 1 is 1.10 bits per heavy atom. The highest BCUT2D eigenvalue weighted by Gasteiger charge is 2.36. The number of anilines is 1. The first-order valence-electron chi connectivity index (χ1n) is 8.22. The summed E-state index contributed by atoms with van der Waals surface area (Å²) in [6, 6.07) is 6.98. The highest BCUT2D eigenvalue weighted by molar-refractivity contribution is 5.51. The van der Waals surface area contributed by atoms with Gasteiger partial charge in [-0.25, -0.2) is 0 Å². The average Bonchev–Trinajstić information content (AvgIpc) is 2.91. The zero-order valence-electron chi connectivity index (χ0n) is 13.0. The molecule has 1 saturated heterocycles. The van der Waals surface area contributed by atoms with E-state index >= 15 is 0 Å². The first-order chi connectivity index (χ1) is 9.72. The van der Waals surface area contributed by atoms with Crippen LogP contribution in [0.15, 0.2) is 18.2 Å². The first kappa shape index (κ1) is 13.9. The number of hydrogen-bond acceptors (Lipinski definition) is 2. The van der Waals surface area contributed by atoms with E-state index in [1.165, 1.54) is 68.4 Å². The highest BCUT2D eigenvalue weighted by atomic mass is 15.1. The van der Waals surface area contributed by atoms with Crippen LogP contribution in [0.5, 0.6) is 0 Å². The van der Waals surface area contributed by atoms with Crippen LogP contribution in [-0.4, -0.2) is 20.1 Å². The molecule has 2 nitrogen and oxygen atoms in total. The summed E-state index contributed by atoms with van der Waals surface area (Å²) in [6.45, 7) is 5.71. The minimum atomic E-state index is 0.720. The summed E-state index contributed by atoms with van der Waals surface area (Å²) in [4.78, 5) is 2.60. The van der Waals surface area contributed by atoms with Gasteiger partial charge in [0.2, 0.25) is 0 Å². The quantitative estimate of drug-likeness (QED) is 0.898. The van der Waals surface area contributed by atoms with E-state index in [4.69, 9.17) is 0 Å². The monoisotopic (exact) mass is 272 g/mol. The molecule has 2 heteroatoms. The second-order valence-corrected chi connectivity index (χ2v) is 6.84. The van der Waals surface area contributed by atoms with Gasteiger partial charge in [-0.1, -0.05) is 18.9 Å². The highest BCUT2D eigenvalue weighted by Crippen LogP contribution is 2.46. The zero-order valence-corrected chi connectivity index (χ0v) is 13.0. The fraction of sp³-hybridized carbons (Fsp3) is 0.667. The fourth-order valence-electron chi connectivity index (χ4n) is 4.13. The SMILES string of the molecule is CNCc1ccc(N2CCC3(CCCC3)CC2)cc1C. The van der Waals surface area contributed by atoms with Gasteiger partial charge in [0.05, 0.1) is 0 Å². The molecule has 1 aliphatic heterocycles. The molecule has 1 aliphatic carbocycles. The maximum Gasteiger partial charge on any atom is 0.0369 e. The molecule has 1 aromatic carbocycles. The number of piperidine rings is 1. The predicted molar refractivity (Wildman–Crippen MR) is 86.3 cm³/mol. The summed E-state index contributed by atoms with van der Waals surface area (Å²) in [7, 11) is 2.01. The lowest BCUT2D eigenvalue weighted by molar-refractivity contribution is 0.226. The van der Waals surface area contributed by atoms with Crippen molar-refractivity contribution in [2.75, 3.05) is 25.0 Å². The van der Waals surface area contributed by atoms with Crippen molar-refractivity contribution >= 4 is 5.69 Å². The van der Waals surface area contributed by atoms with Gasteiger partial charge in [0, 0.05) is 25.3 Å². The molecule has 1 saturated carbocycles. The minimum absolute atomic E-state index is 0.720. The molecular weight excluding hydrogens is 244 g/mol. The number of hydrogen-bond donors (Lipinski definition) is 1. The van der Waals surface area contributed by atoms with Crippen LogP contribution in [-0.2, 0) is 6.54 Å². The summed E-state index contributed by atoms with van der Waals surface area (Å²) in [6.07, 6.45) is 8.73. The average molecular weight is 272 g/mol. The van der Waals surface area contributed by atoms with Crippen LogP contribution in [0.2, 0.25) is 0 Å². The van der Waals surface area contributed by atoms with Crippen LogP contribution in [0.4, 0.5) is 5.69 Å². The van der Waals surface area contributed by atoms with E-state index in [2.05, 4.69) is 35.3 Å². The molecule has 0 unspecified atom stereocenters. The molecule has 1 spiro atoms. The van der Waals surface area contributed by atoms with Crippen molar-refractivity contribution in [2.45, 2.75) is 52.0 Å². The lowest BCUT2D eigenvalue weighted by Gasteiger charge is -2.40. The van der Waals surface area contributed by atoms with Gasteiger partial charge < -0.3 is 10.2 Å².